The molecule has 0 radical (unpaired) electrons. The van der Waals surface area contributed by atoms with Crippen molar-refractivity contribution in [1.82, 2.24) is 19.8 Å². The normalized spacial score (nSPS) is 11.9. The smallest absolute Gasteiger partial charge is 0.354 e. The third-order valence-electron chi connectivity index (χ3n) is 5.33. The van der Waals surface area contributed by atoms with Gasteiger partial charge < -0.3 is 19.5 Å². The number of urea groups is 1. The van der Waals surface area contributed by atoms with Gasteiger partial charge in [-0.3, -0.25) is 9.78 Å². The SMILES string of the molecule is CCn1c(C)c(C(=O)C(C)N(Cc2ccncc2)C(=O)NC(C)C)c(C)c1C(=O)OC. The average molecular weight is 429 g/mol. The van der Waals surface area contributed by atoms with Gasteiger partial charge in [-0.15, -0.1) is 0 Å². The number of Topliss-reactive ketones (excluding diaryl/α,β-unsaturated/α-hetero) is 1. The topological polar surface area (TPSA) is 93.5 Å². The van der Waals surface area contributed by atoms with E-state index < -0.39 is 12.0 Å². The minimum Gasteiger partial charge on any atom is -0.464 e. The third kappa shape index (κ3) is 5.13. The maximum atomic E-state index is 13.6. The number of pyridine rings is 1. The second-order valence-corrected chi connectivity index (χ2v) is 7.80. The van der Waals surface area contributed by atoms with E-state index in [1.165, 1.54) is 12.0 Å². The molecular formula is C23H32N4O4. The summed E-state index contributed by atoms with van der Waals surface area (Å²) in [5.74, 6) is -0.708. The van der Waals surface area contributed by atoms with Crippen molar-refractivity contribution in [2.75, 3.05) is 7.11 Å². The lowest BCUT2D eigenvalue weighted by Crippen LogP contribution is -2.49. The molecular weight excluding hydrogens is 396 g/mol. The molecule has 2 rings (SSSR count). The molecule has 0 saturated heterocycles. The summed E-state index contributed by atoms with van der Waals surface area (Å²) in [5.41, 5.74) is 2.93. The Morgan fingerprint density at radius 3 is 2.29 bits per heavy atom. The predicted octanol–water partition coefficient (Wildman–Crippen LogP) is 3.50. The van der Waals surface area contributed by atoms with Gasteiger partial charge in [0.2, 0.25) is 0 Å². The highest BCUT2D eigenvalue weighted by atomic mass is 16.5. The molecule has 2 aromatic heterocycles. The van der Waals surface area contributed by atoms with Crippen LogP contribution in [0.5, 0.6) is 0 Å². The van der Waals surface area contributed by atoms with E-state index in [9.17, 15) is 14.4 Å². The van der Waals surface area contributed by atoms with Gasteiger partial charge in [-0.25, -0.2) is 9.59 Å². The molecule has 0 aliphatic heterocycles. The maximum Gasteiger partial charge on any atom is 0.354 e. The number of hydrogen-bond acceptors (Lipinski definition) is 5. The molecule has 1 N–H and O–H groups in total. The molecule has 8 nitrogen and oxygen atoms in total. The Hall–Kier alpha value is -3.16. The number of rotatable bonds is 8. The fourth-order valence-electron chi connectivity index (χ4n) is 3.76. The van der Waals surface area contributed by atoms with Crippen LogP contribution in [0, 0.1) is 13.8 Å². The molecule has 0 aliphatic carbocycles. The van der Waals surface area contributed by atoms with Crippen LogP contribution in [-0.2, 0) is 17.8 Å². The third-order valence-corrected chi connectivity index (χ3v) is 5.33. The molecule has 2 amide bonds. The monoisotopic (exact) mass is 428 g/mol. The summed E-state index contributed by atoms with van der Waals surface area (Å²) in [6.45, 7) is 11.7. The van der Waals surface area contributed by atoms with Crippen LogP contribution < -0.4 is 5.32 Å². The minimum absolute atomic E-state index is 0.0784. The van der Waals surface area contributed by atoms with Crippen LogP contribution in [0.4, 0.5) is 4.79 Å². The van der Waals surface area contributed by atoms with Gasteiger partial charge >= 0.3 is 12.0 Å². The number of amides is 2. The summed E-state index contributed by atoms with van der Waals surface area (Å²) in [4.78, 5) is 44.4. The zero-order valence-electron chi connectivity index (χ0n) is 19.4. The number of methoxy groups -OCH3 is 1. The van der Waals surface area contributed by atoms with E-state index in [-0.39, 0.29) is 24.4 Å². The maximum absolute atomic E-state index is 13.6. The van der Waals surface area contributed by atoms with Crippen molar-refractivity contribution in [1.29, 1.82) is 0 Å². The van der Waals surface area contributed by atoms with E-state index in [0.29, 0.717) is 29.1 Å². The second kappa shape index (κ2) is 10.2. The van der Waals surface area contributed by atoms with Gasteiger partial charge in [-0.1, -0.05) is 0 Å². The predicted molar refractivity (Wildman–Crippen MR) is 118 cm³/mol. The number of ketones is 1. The van der Waals surface area contributed by atoms with Crippen LogP contribution >= 0.6 is 0 Å². The first-order chi connectivity index (χ1) is 14.6. The minimum atomic E-state index is -0.748. The van der Waals surface area contributed by atoms with Crippen LogP contribution in [0.15, 0.2) is 24.5 Å². The van der Waals surface area contributed by atoms with Crippen LogP contribution in [0.1, 0.15) is 65.4 Å². The van der Waals surface area contributed by atoms with Crippen molar-refractivity contribution in [2.45, 2.75) is 66.7 Å². The second-order valence-electron chi connectivity index (χ2n) is 7.80. The molecule has 8 heteroatoms. The number of hydrogen-bond donors (Lipinski definition) is 1. The van der Waals surface area contributed by atoms with Crippen LogP contribution in [-0.4, -0.2) is 51.4 Å². The van der Waals surface area contributed by atoms with Crippen LogP contribution in [0.3, 0.4) is 0 Å². The Labute approximate surface area is 183 Å². The largest absolute Gasteiger partial charge is 0.464 e. The fraction of sp³-hybridized carbons (Fsp3) is 0.478. The van der Waals surface area contributed by atoms with Gasteiger partial charge in [-0.2, -0.15) is 0 Å². The quantitative estimate of drug-likeness (QED) is 0.513. The van der Waals surface area contributed by atoms with Crippen LogP contribution in [0.2, 0.25) is 0 Å². The molecule has 0 fully saturated rings. The average Bonchev–Trinajstić information content (AvgIpc) is 2.99. The van der Waals surface area contributed by atoms with Gasteiger partial charge in [0.05, 0.1) is 13.2 Å². The highest BCUT2D eigenvalue weighted by molar-refractivity contribution is 6.06. The van der Waals surface area contributed by atoms with E-state index in [4.69, 9.17) is 4.74 Å². The Balaban J connectivity index is 2.48. The number of nitrogens with zero attached hydrogens (tertiary/aromatic N) is 3. The summed E-state index contributed by atoms with van der Waals surface area (Å²) >= 11 is 0. The summed E-state index contributed by atoms with van der Waals surface area (Å²) in [7, 11) is 1.32. The molecule has 1 atom stereocenters. The zero-order chi connectivity index (χ0) is 23.3. The van der Waals surface area contributed by atoms with Gasteiger partial charge in [0, 0.05) is 42.8 Å². The van der Waals surface area contributed by atoms with Gasteiger partial charge in [-0.05, 0) is 64.8 Å². The first-order valence-electron chi connectivity index (χ1n) is 10.4. The van der Waals surface area contributed by atoms with E-state index in [1.54, 1.807) is 30.8 Å². The lowest BCUT2D eigenvalue weighted by molar-refractivity contribution is 0.0587. The molecule has 168 valence electrons. The summed E-state index contributed by atoms with van der Waals surface area (Å²) in [6.07, 6.45) is 3.30. The Morgan fingerprint density at radius 2 is 1.77 bits per heavy atom. The van der Waals surface area contributed by atoms with E-state index in [1.807, 2.05) is 39.8 Å². The molecule has 1 unspecified atom stereocenters. The highest BCUT2D eigenvalue weighted by Crippen LogP contribution is 2.26. The van der Waals surface area contributed by atoms with Gasteiger partial charge in [0.15, 0.2) is 5.78 Å². The molecule has 0 bridgehead atoms. The molecule has 0 aliphatic rings. The van der Waals surface area contributed by atoms with Gasteiger partial charge in [0.1, 0.15) is 5.69 Å². The van der Waals surface area contributed by atoms with Crippen molar-refractivity contribution in [2.24, 2.45) is 0 Å². The summed E-state index contributed by atoms with van der Waals surface area (Å²) < 4.78 is 6.71. The number of carbonyl (C=O) groups excluding carboxylic acids is 3. The van der Waals surface area contributed by atoms with Crippen molar-refractivity contribution in [3.8, 4) is 0 Å². The van der Waals surface area contributed by atoms with E-state index in [0.717, 1.165) is 5.56 Å². The Morgan fingerprint density at radius 1 is 1.16 bits per heavy atom. The fourth-order valence-corrected chi connectivity index (χ4v) is 3.76. The number of ether oxygens (including phenoxy) is 1. The standard InChI is InChI=1S/C23H32N4O4/c1-8-26-16(5)19(15(4)20(26)22(29)31-7)21(28)17(6)27(23(30)25-14(2)3)13-18-9-11-24-12-10-18/h9-12,14,17H,8,13H2,1-7H3,(H,25,30). The van der Waals surface area contributed by atoms with Crippen molar-refractivity contribution < 1.29 is 19.1 Å². The number of esters is 1. The molecule has 2 heterocycles. The molecule has 31 heavy (non-hydrogen) atoms. The number of carbonyl (C=O) groups is 3. The van der Waals surface area contributed by atoms with Crippen molar-refractivity contribution in [3.63, 3.8) is 0 Å². The van der Waals surface area contributed by atoms with E-state index >= 15 is 0 Å². The lowest BCUT2D eigenvalue weighted by Gasteiger charge is -2.29. The van der Waals surface area contributed by atoms with Gasteiger partial charge in [0.25, 0.3) is 0 Å². The molecule has 2 aromatic rings. The Bertz CT molecular complexity index is 950. The lowest BCUT2D eigenvalue weighted by atomic mass is 9.99. The first-order valence-corrected chi connectivity index (χ1v) is 10.4. The number of nitrogens with one attached hydrogen (secondary N) is 1. The number of aromatic nitrogens is 2. The summed E-state index contributed by atoms with van der Waals surface area (Å²) in [6, 6.07) is 2.47. The first kappa shape index (κ1) is 24.1. The molecule has 0 saturated carbocycles. The van der Waals surface area contributed by atoms with Crippen LogP contribution in [0.25, 0.3) is 0 Å². The Kier molecular flexibility index (Phi) is 7.96. The van der Waals surface area contributed by atoms with Crippen molar-refractivity contribution in [3.05, 3.63) is 52.6 Å². The molecule has 0 aromatic carbocycles. The van der Waals surface area contributed by atoms with E-state index in [2.05, 4.69) is 10.3 Å². The summed E-state index contributed by atoms with van der Waals surface area (Å²) in [5, 5.41) is 2.87. The zero-order valence-corrected chi connectivity index (χ0v) is 19.4. The molecule has 0 spiro atoms. The van der Waals surface area contributed by atoms with Crippen molar-refractivity contribution >= 4 is 17.8 Å². The highest BCUT2D eigenvalue weighted by Gasteiger charge is 2.33.